The van der Waals surface area contributed by atoms with Crippen molar-refractivity contribution in [3.63, 3.8) is 0 Å². The van der Waals surface area contributed by atoms with Gasteiger partial charge in [-0.1, -0.05) is 0 Å². The van der Waals surface area contributed by atoms with Gasteiger partial charge in [0, 0.05) is 11.1 Å². The Labute approximate surface area is 165 Å². The maximum Gasteiger partial charge on any atom is 0.457 e. The summed E-state index contributed by atoms with van der Waals surface area (Å²) in [6.07, 6.45) is -6.87. The van der Waals surface area contributed by atoms with Crippen molar-refractivity contribution in [2.45, 2.75) is 31.6 Å². The summed E-state index contributed by atoms with van der Waals surface area (Å²) in [4.78, 5) is 0. The molecule has 14 heteroatoms. The predicted molar refractivity (Wildman–Crippen MR) is 83.8 cm³/mol. The number of nitrogen functional groups attached to an aromatic ring is 2. The molecule has 0 atom stereocenters. The fourth-order valence-corrected chi connectivity index (χ4v) is 3.12. The van der Waals surface area contributed by atoms with E-state index in [2.05, 4.69) is 0 Å². The fraction of sp³-hybridized carbons (Fsp3) is 0.294. The van der Waals surface area contributed by atoms with Crippen LogP contribution in [0.3, 0.4) is 0 Å². The average molecular weight is 470 g/mol. The second-order valence-corrected chi connectivity index (χ2v) is 6.44. The van der Waals surface area contributed by atoms with Crippen LogP contribution >= 0.6 is 0 Å². The molecule has 31 heavy (non-hydrogen) atoms. The average Bonchev–Trinajstić information content (AvgIpc) is 2.67. The molecule has 2 aromatic carbocycles. The molecule has 0 saturated carbocycles. The zero-order valence-corrected chi connectivity index (χ0v) is 15.2. The predicted octanol–water partition coefficient (Wildman–Crippen LogP) is 5.71. The molecule has 0 aliphatic rings. The van der Waals surface area contributed by atoms with Crippen molar-refractivity contribution < 1.29 is 52.7 Å². The van der Waals surface area contributed by atoms with Crippen LogP contribution in [0.1, 0.15) is 22.3 Å². The molecule has 2 rings (SSSR count). The summed E-state index contributed by atoms with van der Waals surface area (Å²) in [5, 5.41) is 0. The van der Waals surface area contributed by atoms with Gasteiger partial charge in [0.05, 0.1) is 11.4 Å². The molecule has 0 spiro atoms. The molecule has 172 valence electrons. The van der Waals surface area contributed by atoms with Gasteiger partial charge in [-0.15, -0.1) is 0 Å². The monoisotopic (exact) mass is 470 g/mol. The Balaban J connectivity index is 3.29. The highest BCUT2D eigenvalue weighted by molar-refractivity contribution is 5.67. The molecule has 0 aromatic heterocycles. The zero-order valence-electron chi connectivity index (χ0n) is 15.2. The summed E-state index contributed by atoms with van der Waals surface area (Å²) >= 11 is 0. The Kier molecular flexibility index (Phi) is 5.62. The molecule has 0 radical (unpaired) electrons. The number of anilines is 2. The number of alkyl halides is 6. The number of benzene rings is 2. The minimum Gasteiger partial charge on any atom is -0.396 e. The smallest absolute Gasteiger partial charge is 0.396 e. The van der Waals surface area contributed by atoms with Gasteiger partial charge in [0.25, 0.3) is 0 Å². The van der Waals surface area contributed by atoms with Crippen molar-refractivity contribution in [3.8, 4) is 0 Å². The van der Waals surface area contributed by atoms with E-state index in [1.54, 1.807) is 0 Å². The van der Waals surface area contributed by atoms with E-state index in [1.165, 1.54) is 0 Å². The van der Waals surface area contributed by atoms with Crippen molar-refractivity contribution in [3.05, 3.63) is 57.2 Å². The molecule has 0 aliphatic heterocycles. The van der Waals surface area contributed by atoms with Crippen LogP contribution in [-0.2, 0) is 5.67 Å². The maximum atomic E-state index is 16.0. The van der Waals surface area contributed by atoms with Gasteiger partial charge in [-0.3, -0.25) is 0 Å². The van der Waals surface area contributed by atoms with E-state index in [-0.39, 0.29) is 13.8 Å². The van der Waals surface area contributed by atoms with E-state index in [4.69, 9.17) is 11.5 Å². The fourth-order valence-electron chi connectivity index (χ4n) is 3.12. The molecule has 0 heterocycles. The normalized spacial score (nSPS) is 13.1. The summed E-state index contributed by atoms with van der Waals surface area (Å²) in [7, 11) is 0. The Hall–Kier alpha value is -2.80. The minimum atomic E-state index is -6.87. The molecule has 0 bridgehead atoms. The third kappa shape index (κ3) is 3.05. The first-order valence-electron chi connectivity index (χ1n) is 7.85. The molecule has 0 saturated heterocycles. The Morgan fingerprint density at radius 1 is 0.516 bits per heavy atom. The van der Waals surface area contributed by atoms with Crippen molar-refractivity contribution >= 4 is 11.4 Å². The lowest BCUT2D eigenvalue weighted by Gasteiger charge is -2.38. The van der Waals surface area contributed by atoms with E-state index in [9.17, 15) is 48.3 Å². The molecular weight excluding hydrogens is 460 g/mol. The van der Waals surface area contributed by atoms with E-state index in [0.717, 1.165) is 0 Å². The lowest BCUT2D eigenvalue weighted by molar-refractivity contribution is -0.323. The molecule has 0 fully saturated rings. The quantitative estimate of drug-likeness (QED) is 0.343. The zero-order chi connectivity index (χ0) is 24.4. The van der Waals surface area contributed by atoms with Crippen LogP contribution in [0.2, 0.25) is 0 Å². The summed E-state index contributed by atoms with van der Waals surface area (Å²) in [5.74, 6) is -21.6. The highest BCUT2D eigenvalue weighted by atomic mass is 19.4. The van der Waals surface area contributed by atoms with Crippen LogP contribution in [0.5, 0.6) is 0 Å². The van der Waals surface area contributed by atoms with Gasteiger partial charge in [-0.05, 0) is 25.0 Å². The maximum absolute atomic E-state index is 16.0. The summed E-state index contributed by atoms with van der Waals surface area (Å²) in [6, 6.07) is 0. The van der Waals surface area contributed by atoms with E-state index in [0.29, 0.717) is 0 Å². The first-order valence-corrected chi connectivity index (χ1v) is 7.85. The molecule has 0 amide bonds. The molecule has 2 aromatic rings. The molecular formula is C17H10F12N2. The number of hydrogen-bond donors (Lipinski definition) is 2. The van der Waals surface area contributed by atoms with Gasteiger partial charge in [0.1, 0.15) is 0 Å². The van der Waals surface area contributed by atoms with Crippen LogP contribution in [0.25, 0.3) is 0 Å². The van der Waals surface area contributed by atoms with Crippen LogP contribution in [0.15, 0.2) is 0 Å². The van der Waals surface area contributed by atoms with Crippen LogP contribution in [0.4, 0.5) is 64.1 Å². The lowest BCUT2D eigenvalue weighted by Crippen LogP contribution is -2.54. The van der Waals surface area contributed by atoms with Gasteiger partial charge in [0.15, 0.2) is 34.9 Å². The van der Waals surface area contributed by atoms with Gasteiger partial charge >= 0.3 is 12.1 Å². The highest BCUT2D eigenvalue weighted by Gasteiger charge is 2.74. The van der Waals surface area contributed by atoms with Gasteiger partial charge in [-0.25, -0.2) is 30.7 Å². The van der Waals surface area contributed by atoms with Crippen LogP contribution in [0, 0.1) is 48.8 Å². The molecule has 2 nitrogen and oxygen atoms in total. The van der Waals surface area contributed by atoms with Gasteiger partial charge < -0.3 is 11.5 Å². The first-order chi connectivity index (χ1) is 13.9. The summed E-state index contributed by atoms with van der Waals surface area (Å²) < 4.78 is 167. The van der Waals surface area contributed by atoms with E-state index < -0.39 is 86.3 Å². The highest BCUT2D eigenvalue weighted by Crippen LogP contribution is 2.59. The first kappa shape index (κ1) is 24.5. The van der Waals surface area contributed by atoms with Crippen molar-refractivity contribution in [1.29, 1.82) is 0 Å². The third-order valence-corrected chi connectivity index (χ3v) is 4.67. The minimum absolute atomic E-state index is 0.256. The second kappa shape index (κ2) is 7.12. The summed E-state index contributed by atoms with van der Waals surface area (Å²) in [6.45, 7) is 0.512. The SMILES string of the molecule is Cc1c(F)c(F)c(F)c(N)c1C(F)(c1c(C)c(F)c(F)c(F)c1N)C(F)(F)C(F)(F)F. The van der Waals surface area contributed by atoms with Crippen molar-refractivity contribution in [2.75, 3.05) is 11.5 Å². The van der Waals surface area contributed by atoms with E-state index >= 15 is 4.39 Å². The lowest BCUT2D eigenvalue weighted by atomic mass is 9.76. The van der Waals surface area contributed by atoms with Crippen molar-refractivity contribution in [2.24, 2.45) is 0 Å². The molecule has 0 aliphatic carbocycles. The largest absolute Gasteiger partial charge is 0.457 e. The van der Waals surface area contributed by atoms with Crippen LogP contribution < -0.4 is 11.5 Å². The van der Waals surface area contributed by atoms with E-state index in [1.807, 2.05) is 0 Å². The standard InChI is InChI=1S/C17H10F12N2/c1-3-5(13(30)11(22)9(20)7(3)18)15(24,16(25,26)17(27,28)29)6-4(2)8(19)10(21)12(23)14(6)31/h30-31H2,1-2H3. The van der Waals surface area contributed by atoms with Crippen LogP contribution in [-0.4, -0.2) is 12.1 Å². The van der Waals surface area contributed by atoms with Gasteiger partial charge in [0.2, 0.25) is 5.67 Å². The Bertz CT molecular complexity index is 947. The molecule has 4 N–H and O–H groups in total. The second-order valence-electron chi connectivity index (χ2n) is 6.44. The number of hydrogen-bond acceptors (Lipinski definition) is 2. The third-order valence-electron chi connectivity index (χ3n) is 4.67. The number of rotatable bonds is 3. The topological polar surface area (TPSA) is 52.0 Å². The summed E-state index contributed by atoms with van der Waals surface area (Å²) in [5.41, 5.74) is -7.82. The number of nitrogens with two attached hydrogens (primary N) is 2. The van der Waals surface area contributed by atoms with Gasteiger partial charge in [-0.2, -0.15) is 22.0 Å². The Morgan fingerprint density at radius 3 is 1.06 bits per heavy atom. The molecule has 0 unspecified atom stereocenters. The van der Waals surface area contributed by atoms with Crippen molar-refractivity contribution in [1.82, 2.24) is 0 Å². The Morgan fingerprint density at radius 2 is 0.806 bits per heavy atom. The number of halogens is 12.